The summed E-state index contributed by atoms with van der Waals surface area (Å²) in [6, 6.07) is 10.7. The second-order valence-electron chi connectivity index (χ2n) is 7.09. The van der Waals surface area contributed by atoms with Gasteiger partial charge in [0.15, 0.2) is 10.9 Å². The van der Waals surface area contributed by atoms with Crippen LogP contribution in [0, 0.1) is 6.92 Å². The third kappa shape index (κ3) is 4.97. The molecule has 0 unspecified atom stereocenters. The van der Waals surface area contributed by atoms with Gasteiger partial charge in [0.2, 0.25) is 4.96 Å². The highest BCUT2D eigenvalue weighted by molar-refractivity contribution is 7.80. The number of carbonyl (C=O) groups is 1. The van der Waals surface area contributed by atoms with E-state index in [1.165, 1.54) is 11.3 Å². The number of nitrogens with one attached hydrogen (secondary N) is 2. The van der Waals surface area contributed by atoms with Gasteiger partial charge < -0.3 is 10.1 Å². The molecule has 1 amide bonds. The summed E-state index contributed by atoms with van der Waals surface area (Å²) in [5, 5.41) is 20.1. The van der Waals surface area contributed by atoms with Crippen molar-refractivity contribution in [1.29, 1.82) is 0 Å². The van der Waals surface area contributed by atoms with Crippen LogP contribution in [0.1, 0.15) is 35.6 Å². The second kappa shape index (κ2) is 9.82. The van der Waals surface area contributed by atoms with Crippen molar-refractivity contribution >= 4 is 56.8 Å². The molecule has 0 aliphatic rings. The van der Waals surface area contributed by atoms with Gasteiger partial charge in [-0.25, -0.2) is 0 Å². The number of amides is 1. The van der Waals surface area contributed by atoms with Crippen LogP contribution in [0.2, 0.25) is 5.02 Å². The molecule has 0 aliphatic heterocycles. The number of nitrogens with zero attached hydrogens (tertiary/aromatic N) is 4. The Bertz CT molecular complexity index is 1350. The normalized spacial score (nSPS) is 10.9. The van der Waals surface area contributed by atoms with E-state index in [-0.39, 0.29) is 11.0 Å². The van der Waals surface area contributed by atoms with Crippen LogP contribution in [-0.4, -0.2) is 37.4 Å². The van der Waals surface area contributed by atoms with Gasteiger partial charge in [-0.1, -0.05) is 29.9 Å². The Kier molecular flexibility index (Phi) is 6.87. The van der Waals surface area contributed by atoms with Crippen molar-refractivity contribution in [2.24, 2.45) is 0 Å². The van der Waals surface area contributed by atoms with Crippen molar-refractivity contribution < 1.29 is 9.53 Å². The van der Waals surface area contributed by atoms with Crippen LogP contribution >= 0.6 is 35.2 Å². The Labute approximate surface area is 204 Å². The zero-order valence-corrected chi connectivity index (χ0v) is 20.6. The fourth-order valence-corrected chi connectivity index (χ4v) is 4.47. The largest absolute Gasteiger partial charge is 0.492 e. The minimum absolute atomic E-state index is 0.187. The fraction of sp³-hybridized carbons (Fsp3) is 0.227. The lowest BCUT2D eigenvalue weighted by Gasteiger charge is -2.13. The van der Waals surface area contributed by atoms with Crippen LogP contribution in [0.4, 0.5) is 5.69 Å². The third-order valence-corrected chi connectivity index (χ3v) is 6.26. The summed E-state index contributed by atoms with van der Waals surface area (Å²) in [5.74, 6) is 0.999. The van der Waals surface area contributed by atoms with Crippen molar-refractivity contribution in [3.05, 3.63) is 58.4 Å². The summed E-state index contributed by atoms with van der Waals surface area (Å²) in [7, 11) is 0. The number of aromatic nitrogens is 4. The summed E-state index contributed by atoms with van der Waals surface area (Å²) in [4.78, 5) is 13.3. The number of aryl methyl sites for hydroxylation is 2. The quantitative estimate of drug-likeness (QED) is 0.363. The maximum Gasteiger partial charge on any atom is 0.257 e. The SMILES string of the molecule is CCOc1ccc(C(=O)NC(=S)Nc2ccc(-c3nn4c(CC)nnc4s3)cc2C)cc1Cl. The summed E-state index contributed by atoms with van der Waals surface area (Å²) in [5.41, 5.74) is 3.09. The number of carbonyl (C=O) groups excluding carboxylic acids is 1. The topological polar surface area (TPSA) is 93.4 Å². The molecule has 0 spiro atoms. The molecule has 11 heteroatoms. The number of hydrogen-bond acceptors (Lipinski definition) is 7. The molecular formula is C22H21ClN6O2S2. The highest BCUT2D eigenvalue weighted by Gasteiger charge is 2.14. The number of fused-ring (bicyclic) bond motifs is 1. The molecule has 8 nitrogen and oxygen atoms in total. The van der Waals surface area contributed by atoms with Crippen LogP contribution in [0.15, 0.2) is 36.4 Å². The average Bonchev–Trinajstić information content (AvgIpc) is 3.37. The molecule has 2 aromatic carbocycles. The van der Waals surface area contributed by atoms with E-state index in [0.717, 1.165) is 39.0 Å². The van der Waals surface area contributed by atoms with E-state index in [2.05, 4.69) is 25.9 Å². The number of thiocarbonyl (C=S) groups is 1. The molecule has 2 N–H and O–H groups in total. The Morgan fingerprint density at radius 3 is 2.73 bits per heavy atom. The number of anilines is 1. The van der Waals surface area contributed by atoms with Crippen LogP contribution < -0.4 is 15.4 Å². The lowest BCUT2D eigenvalue weighted by Crippen LogP contribution is -2.34. The standard InChI is InChI=1S/C22H21ClN6O2S2/c1-4-18-26-27-22-29(18)28-20(33-22)14-6-8-16(12(3)10-14)24-21(32)25-19(30)13-7-9-17(31-5-2)15(23)11-13/h6-11H,4-5H2,1-3H3,(H2,24,25,30,32). The van der Waals surface area contributed by atoms with Gasteiger partial charge in [0.05, 0.1) is 11.6 Å². The Balaban J connectivity index is 1.44. The smallest absolute Gasteiger partial charge is 0.257 e. The van der Waals surface area contributed by atoms with E-state index in [1.54, 1.807) is 22.7 Å². The number of halogens is 1. The predicted octanol–water partition coefficient (Wildman–Crippen LogP) is 4.90. The van der Waals surface area contributed by atoms with E-state index >= 15 is 0 Å². The Morgan fingerprint density at radius 2 is 2.03 bits per heavy atom. The Morgan fingerprint density at radius 1 is 1.21 bits per heavy atom. The van der Waals surface area contributed by atoms with E-state index in [9.17, 15) is 4.79 Å². The minimum atomic E-state index is -0.363. The van der Waals surface area contributed by atoms with Gasteiger partial charge >= 0.3 is 0 Å². The summed E-state index contributed by atoms with van der Waals surface area (Å²) in [6.07, 6.45) is 0.762. The molecular weight excluding hydrogens is 480 g/mol. The second-order valence-corrected chi connectivity index (χ2v) is 8.86. The molecule has 0 saturated heterocycles. The highest BCUT2D eigenvalue weighted by Crippen LogP contribution is 2.29. The summed E-state index contributed by atoms with van der Waals surface area (Å²) < 4.78 is 7.17. The molecule has 0 saturated carbocycles. The van der Waals surface area contributed by atoms with Gasteiger partial charge in [-0.05, 0) is 68.0 Å². The number of ether oxygens (including phenoxy) is 1. The van der Waals surface area contributed by atoms with Crippen LogP contribution in [-0.2, 0) is 6.42 Å². The van der Waals surface area contributed by atoms with Crippen LogP contribution in [0.25, 0.3) is 15.5 Å². The number of rotatable bonds is 6. The average molecular weight is 501 g/mol. The maximum atomic E-state index is 12.5. The van der Waals surface area contributed by atoms with Crippen molar-refractivity contribution in [1.82, 2.24) is 25.1 Å². The van der Waals surface area contributed by atoms with E-state index in [0.29, 0.717) is 22.9 Å². The molecule has 0 atom stereocenters. The first kappa shape index (κ1) is 23.1. The summed E-state index contributed by atoms with van der Waals surface area (Å²) in [6.45, 7) is 6.33. The fourth-order valence-electron chi connectivity index (χ4n) is 3.18. The van der Waals surface area contributed by atoms with Crippen LogP contribution in [0.3, 0.4) is 0 Å². The molecule has 2 aromatic heterocycles. The molecule has 4 rings (SSSR count). The highest BCUT2D eigenvalue weighted by atomic mass is 35.5. The number of hydrogen-bond donors (Lipinski definition) is 2. The molecule has 0 aliphatic carbocycles. The zero-order chi connectivity index (χ0) is 23.5. The van der Waals surface area contributed by atoms with Gasteiger partial charge in [0, 0.05) is 23.2 Å². The van der Waals surface area contributed by atoms with Crippen molar-refractivity contribution in [3.8, 4) is 16.3 Å². The summed E-state index contributed by atoms with van der Waals surface area (Å²) >= 11 is 13.0. The molecule has 0 bridgehead atoms. The van der Waals surface area contributed by atoms with Crippen molar-refractivity contribution in [3.63, 3.8) is 0 Å². The van der Waals surface area contributed by atoms with Crippen molar-refractivity contribution in [2.75, 3.05) is 11.9 Å². The monoisotopic (exact) mass is 500 g/mol. The van der Waals surface area contributed by atoms with E-state index in [4.69, 9.17) is 28.6 Å². The lowest BCUT2D eigenvalue weighted by atomic mass is 10.1. The lowest BCUT2D eigenvalue weighted by molar-refractivity contribution is 0.0977. The van der Waals surface area contributed by atoms with Gasteiger partial charge in [0.25, 0.3) is 5.91 Å². The molecule has 2 heterocycles. The molecule has 33 heavy (non-hydrogen) atoms. The molecule has 0 fully saturated rings. The van der Waals surface area contributed by atoms with E-state index in [1.807, 2.05) is 39.0 Å². The predicted molar refractivity (Wildman–Crippen MR) is 135 cm³/mol. The van der Waals surface area contributed by atoms with Gasteiger partial charge in [-0.2, -0.15) is 9.61 Å². The van der Waals surface area contributed by atoms with Crippen LogP contribution in [0.5, 0.6) is 5.75 Å². The van der Waals surface area contributed by atoms with Gasteiger partial charge in [-0.3, -0.25) is 10.1 Å². The number of benzene rings is 2. The zero-order valence-electron chi connectivity index (χ0n) is 18.2. The van der Waals surface area contributed by atoms with E-state index < -0.39 is 0 Å². The molecule has 170 valence electrons. The first-order valence-corrected chi connectivity index (χ1v) is 11.9. The van der Waals surface area contributed by atoms with Gasteiger partial charge in [-0.15, -0.1) is 10.2 Å². The Hall–Kier alpha value is -3.08. The maximum absolute atomic E-state index is 12.5. The first-order chi connectivity index (χ1) is 15.9. The third-order valence-electron chi connectivity index (χ3n) is 4.81. The van der Waals surface area contributed by atoms with Gasteiger partial charge in [0.1, 0.15) is 10.8 Å². The van der Waals surface area contributed by atoms with Crippen molar-refractivity contribution in [2.45, 2.75) is 27.2 Å². The molecule has 4 aromatic rings. The molecule has 0 radical (unpaired) electrons. The first-order valence-electron chi connectivity index (χ1n) is 10.3. The minimum Gasteiger partial charge on any atom is -0.492 e.